The summed E-state index contributed by atoms with van der Waals surface area (Å²) in [7, 11) is -2.10. The Balaban J connectivity index is 1.86. The maximum Gasteiger partial charge on any atom is 0.308 e. The van der Waals surface area contributed by atoms with Crippen LogP contribution in [0.15, 0.2) is 24.3 Å². The predicted molar refractivity (Wildman–Crippen MR) is 116 cm³/mol. The summed E-state index contributed by atoms with van der Waals surface area (Å²) in [6.45, 7) is 9.95. The standard InChI is InChI=1S/C22H32N2O4S/c1-6-24-20-8-7-16(2)13-19(20)18(14-22(24,3)4)15-29(26,27)23-11-9-17(10-12-23)21(25)28-5/h7-8,13-14,17H,6,9-12,15H2,1-5H3. The van der Waals surface area contributed by atoms with Crippen molar-refractivity contribution in [2.75, 3.05) is 37.4 Å². The number of hydrogen-bond donors (Lipinski definition) is 0. The van der Waals surface area contributed by atoms with Crippen molar-refractivity contribution in [3.05, 3.63) is 35.4 Å². The minimum Gasteiger partial charge on any atom is -0.469 e. The van der Waals surface area contributed by atoms with Crippen molar-refractivity contribution in [2.24, 2.45) is 5.92 Å². The Kier molecular flexibility index (Phi) is 6.11. The van der Waals surface area contributed by atoms with Gasteiger partial charge in [0.25, 0.3) is 0 Å². The molecule has 6 nitrogen and oxygen atoms in total. The van der Waals surface area contributed by atoms with Gasteiger partial charge in [-0.2, -0.15) is 0 Å². The number of carbonyl (C=O) groups excluding carboxylic acids is 1. The lowest BCUT2D eigenvalue weighted by molar-refractivity contribution is -0.146. The number of carbonyl (C=O) groups is 1. The van der Waals surface area contributed by atoms with Crippen LogP contribution in [0.2, 0.25) is 0 Å². The molecular formula is C22H32N2O4S. The maximum atomic E-state index is 13.2. The van der Waals surface area contributed by atoms with Gasteiger partial charge >= 0.3 is 5.97 Å². The van der Waals surface area contributed by atoms with Crippen LogP contribution in [0.3, 0.4) is 0 Å². The van der Waals surface area contributed by atoms with Crippen molar-refractivity contribution in [3.63, 3.8) is 0 Å². The Morgan fingerprint density at radius 1 is 1.24 bits per heavy atom. The van der Waals surface area contributed by atoms with E-state index in [0.717, 1.165) is 28.9 Å². The Hall–Kier alpha value is -1.86. The predicted octanol–water partition coefficient (Wildman–Crippen LogP) is 3.21. The van der Waals surface area contributed by atoms with Gasteiger partial charge < -0.3 is 9.64 Å². The minimum atomic E-state index is -3.47. The fourth-order valence-corrected chi connectivity index (χ4v) is 6.14. The number of aryl methyl sites for hydroxylation is 1. The molecule has 0 atom stereocenters. The van der Waals surface area contributed by atoms with Crippen LogP contribution in [0, 0.1) is 12.8 Å². The summed E-state index contributed by atoms with van der Waals surface area (Å²) in [6.07, 6.45) is 3.11. The van der Waals surface area contributed by atoms with E-state index in [-0.39, 0.29) is 23.2 Å². The number of sulfonamides is 1. The summed E-state index contributed by atoms with van der Waals surface area (Å²) in [5, 5.41) is 0. The van der Waals surface area contributed by atoms with Crippen molar-refractivity contribution in [3.8, 4) is 0 Å². The van der Waals surface area contributed by atoms with Crippen LogP contribution in [0.4, 0.5) is 5.69 Å². The molecule has 0 spiro atoms. The number of nitrogens with zero attached hydrogens (tertiary/aromatic N) is 2. The Bertz CT molecular complexity index is 913. The summed E-state index contributed by atoms with van der Waals surface area (Å²) in [4.78, 5) is 14.0. The topological polar surface area (TPSA) is 66.9 Å². The largest absolute Gasteiger partial charge is 0.469 e. The molecule has 2 aliphatic rings. The minimum absolute atomic E-state index is 0.0205. The molecule has 0 unspecified atom stereocenters. The number of esters is 1. The molecule has 1 saturated heterocycles. The zero-order chi connectivity index (χ0) is 21.4. The zero-order valence-electron chi connectivity index (χ0n) is 18.1. The number of anilines is 1. The van der Waals surface area contributed by atoms with E-state index in [4.69, 9.17) is 4.74 Å². The molecule has 0 aromatic heterocycles. The Labute approximate surface area is 174 Å². The molecule has 1 fully saturated rings. The molecule has 3 rings (SSSR count). The molecule has 29 heavy (non-hydrogen) atoms. The van der Waals surface area contributed by atoms with Gasteiger partial charge in [0.1, 0.15) is 0 Å². The van der Waals surface area contributed by atoms with Crippen molar-refractivity contribution in [1.82, 2.24) is 4.31 Å². The zero-order valence-corrected chi connectivity index (χ0v) is 18.9. The van der Waals surface area contributed by atoms with Gasteiger partial charge in [-0.15, -0.1) is 0 Å². The van der Waals surface area contributed by atoms with Gasteiger partial charge in [-0.3, -0.25) is 4.79 Å². The van der Waals surface area contributed by atoms with Crippen LogP contribution in [-0.2, 0) is 19.6 Å². The molecule has 0 bridgehead atoms. The highest BCUT2D eigenvalue weighted by molar-refractivity contribution is 7.89. The summed E-state index contributed by atoms with van der Waals surface area (Å²) >= 11 is 0. The average molecular weight is 421 g/mol. The van der Waals surface area contributed by atoms with E-state index in [0.29, 0.717) is 25.9 Å². The SMILES string of the molecule is CCN1c2ccc(C)cc2C(CS(=O)(=O)N2CCC(C(=O)OC)CC2)=CC1(C)C. The van der Waals surface area contributed by atoms with Gasteiger partial charge in [-0.1, -0.05) is 17.7 Å². The second kappa shape index (κ2) is 8.11. The van der Waals surface area contributed by atoms with Crippen molar-refractivity contribution >= 4 is 27.3 Å². The van der Waals surface area contributed by atoms with E-state index in [9.17, 15) is 13.2 Å². The van der Waals surface area contributed by atoms with Gasteiger partial charge in [0.15, 0.2) is 0 Å². The quantitative estimate of drug-likeness (QED) is 0.685. The first-order valence-corrected chi connectivity index (χ1v) is 11.9. The molecule has 2 heterocycles. The number of ether oxygens (including phenoxy) is 1. The molecule has 0 saturated carbocycles. The Morgan fingerprint density at radius 2 is 1.90 bits per heavy atom. The summed E-state index contributed by atoms with van der Waals surface area (Å²) in [5.41, 5.74) is 3.79. The van der Waals surface area contributed by atoms with Crippen molar-refractivity contribution in [2.45, 2.75) is 46.1 Å². The second-order valence-electron chi connectivity index (χ2n) is 8.54. The first-order valence-electron chi connectivity index (χ1n) is 10.2. The number of hydrogen-bond acceptors (Lipinski definition) is 5. The number of benzene rings is 1. The highest BCUT2D eigenvalue weighted by atomic mass is 32.2. The average Bonchev–Trinajstić information content (AvgIpc) is 2.67. The van der Waals surface area contributed by atoms with Gasteiger partial charge in [0, 0.05) is 30.9 Å². The van der Waals surface area contributed by atoms with Gasteiger partial charge in [-0.25, -0.2) is 12.7 Å². The number of rotatable bonds is 5. The molecule has 0 aliphatic carbocycles. The fourth-order valence-electron chi connectivity index (χ4n) is 4.56. The number of methoxy groups -OCH3 is 1. The first-order chi connectivity index (χ1) is 13.6. The highest BCUT2D eigenvalue weighted by Crippen LogP contribution is 2.40. The van der Waals surface area contributed by atoms with Crippen molar-refractivity contribution < 1.29 is 17.9 Å². The molecule has 0 radical (unpaired) electrons. The van der Waals surface area contributed by atoms with Gasteiger partial charge in [0.2, 0.25) is 10.0 Å². The van der Waals surface area contributed by atoms with Crippen LogP contribution in [0.25, 0.3) is 5.57 Å². The fraction of sp³-hybridized carbons (Fsp3) is 0.591. The molecule has 1 aromatic rings. The van der Waals surface area contributed by atoms with E-state index < -0.39 is 10.0 Å². The molecule has 2 aliphatic heterocycles. The third-order valence-electron chi connectivity index (χ3n) is 6.05. The number of likely N-dealkylation sites (N-methyl/N-ethyl adjacent to an activating group) is 1. The lowest BCUT2D eigenvalue weighted by Gasteiger charge is -2.43. The lowest BCUT2D eigenvalue weighted by atomic mass is 9.88. The van der Waals surface area contributed by atoms with Crippen LogP contribution in [0.1, 0.15) is 44.7 Å². The molecule has 1 aromatic carbocycles. The number of piperidine rings is 1. The van der Waals surface area contributed by atoms with E-state index >= 15 is 0 Å². The van der Waals surface area contributed by atoms with Gasteiger partial charge in [0.05, 0.1) is 24.3 Å². The van der Waals surface area contributed by atoms with Gasteiger partial charge in [-0.05, 0) is 58.2 Å². The summed E-state index contributed by atoms with van der Waals surface area (Å²) in [6, 6.07) is 6.25. The van der Waals surface area contributed by atoms with E-state index in [2.05, 4.69) is 49.9 Å². The van der Waals surface area contributed by atoms with Crippen LogP contribution in [-0.4, -0.2) is 56.7 Å². The molecular weight excluding hydrogens is 388 g/mol. The van der Waals surface area contributed by atoms with E-state index in [1.54, 1.807) is 0 Å². The normalized spacial score (nSPS) is 20.2. The molecule has 7 heteroatoms. The number of fused-ring (bicyclic) bond motifs is 1. The molecule has 0 N–H and O–H groups in total. The van der Waals surface area contributed by atoms with Crippen LogP contribution < -0.4 is 4.90 Å². The second-order valence-corrected chi connectivity index (χ2v) is 10.5. The third kappa shape index (κ3) is 4.36. The third-order valence-corrected chi connectivity index (χ3v) is 7.88. The first kappa shape index (κ1) is 21.8. The lowest BCUT2D eigenvalue weighted by Crippen LogP contribution is -2.46. The maximum absolute atomic E-state index is 13.2. The molecule has 0 amide bonds. The summed E-state index contributed by atoms with van der Waals surface area (Å²) < 4.78 is 32.8. The summed E-state index contributed by atoms with van der Waals surface area (Å²) in [5.74, 6) is -0.475. The van der Waals surface area contributed by atoms with Crippen LogP contribution in [0.5, 0.6) is 0 Å². The smallest absolute Gasteiger partial charge is 0.308 e. The van der Waals surface area contributed by atoms with E-state index in [1.165, 1.54) is 11.4 Å². The van der Waals surface area contributed by atoms with Crippen molar-refractivity contribution in [1.29, 1.82) is 0 Å². The highest BCUT2D eigenvalue weighted by Gasteiger charge is 2.36. The Morgan fingerprint density at radius 3 is 2.48 bits per heavy atom. The van der Waals surface area contributed by atoms with Crippen LogP contribution >= 0.6 is 0 Å². The monoisotopic (exact) mass is 420 g/mol. The van der Waals surface area contributed by atoms with E-state index in [1.807, 2.05) is 6.92 Å². The molecule has 160 valence electrons.